The molecule has 0 fully saturated rings. The molecule has 2 aliphatic heterocycles. The number of carbonyl (C=O) groups is 1. The summed E-state index contributed by atoms with van der Waals surface area (Å²) in [6.45, 7) is 0. The Morgan fingerprint density at radius 2 is 1.42 bits per heavy atom. The first-order valence-electron chi connectivity index (χ1n) is 11.1. The molecule has 0 spiro atoms. The van der Waals surface area contributed by atoms with Crippen molar-refractivity contribution < 1.29 is 4.79 Å². The predicted octanol–water partition coefficient (Wildman–Crippen LogP) is 7.22. The smallest absolute Gasteiger partial charge is 0.235 e. The molecule has 0 N–H and O–H groups in total. The molecule has 1 amide bonds. The number of allylic oxidation sites excluding steroid dienone is 1. The summed E-state index contributed by atoms with van der Waals surface area (Å²) in [6.07, 6.45) is 0.714. The van der Waals surface area contributed by atoms with Crippen LogP contribution in [0.4, 0.5) is 0 Å². The zero-order valence-electron chi connectivity index (χ0n) is 18.5. The van der Waals surface area contributed by atoms with Crippen molar-refractivity contribution in [1.82, 2.24) is 4.90 Å². The Labute approximate surface area is 202 Å². The predicted molar refractivity (Wildman–Crippen MR) is 140 cm³/mol. The Morgan fingerprint density at radius 1 is 0.788 bits per heavy atom. The Hall–Kier alpha value is -2.95. The average Bonchev–Trinajstić information content (AvgIpc) is 2.86. The van der Waals surface area contributed by atoms with Gasteiger partial charge in [0.15, 0.2) is 0 Å². The fourth-order valence-electron chi connectivity index (χ4n) is 4.91. The highest BCUT2D eigenvalue weighted by Gasteiger charge is 2.34. The third-order valence-corrected chi connectivity index (χ3v) is 8.80. The summed E-state index contributed by atoms with van der Waals surface area (Å²) in [5, 5.41) is 2.36. The van der Waals surface area contributed by atoms with Gasteiger partial charge >= 0.3 is 0 Å². The number of fused-ring (bicyclic) bond motifs is 5. The van der Waals surface area contributed by atoms with Crippen molar-refractivity contribution in [3.8, 4) is 0 Å². The maximum atomic E-state index is 13.2. The Morgan fingerprint density at radius 3 is 2.12 bits per heavy atom. The molecule has 6 rings (SSSR count). The van der Waals surface area contributed by atoms with E-state index >= 15 is 0 Å². The fourth-order valence-corrected chi connectivity index (χ4v) is 7.37. The Kier molecular flexibility index (Phi) is 5.08. The lowest BCUT2D eigenvalue weighted by molar-refractivity contribution is -0.128. The molecule has 0 unspecified atom stereocenters. The van der Waals surface area contributed by atoms with Gasteiger partial charge in [-0.25, -0.2) is 0 Å². The summed E-state index contributed by atoms with van der Waals surface area (Å²) in [5.41, 5.74) is 6.36. The molecule has 1 atom stereocenters. The highest BCUT2D eigenvalue weighted by molar-refractivity contribution is 8.00. The number of nitrogens with zero attached hydrogens (tertiary/aromatic N) is 1. The minimum atomic E-state index is -0.134. The van der Waals surface area contributed by atoms with Gasteiger partial charge in [0, 0.05) is 28.8 Å². The molecular formula is C29H23NOS2. The lowest BCUT2D eigenvalue weighted by Gasteiger charge is -2.32. The van der Waals surface area contributed by atoms with E-state index in [0.29, 0.717) is 6.42 Å². The van der Waals surface area contributed by atoms with Crippen LogP contribution in [0.15, 0.2) is 99.6 Å². The number of amides is 1. The van der Waals surface area contributed by atoms with Crippen LogP contribution >= 0.6 is 23.5 Å². The lowest BCUT2D eigenvalue weighted by Crippen LogP contribution is -2.33. The van der Waals surface area contributed by atoms with Crippen LogP contribution in [0.5, 0.6) is 0 Å². The van der Waals surface area contributed by atoms with Gasteiger partial charge in [0.05, 0.1) is 5.25 Å². The van der Waals surface area contributed by atoms with Crippen molar-refractivity contribution in [2.75, 3.05) is 14.1 Å². The number of hydrogen-bond donors (Lipinski definition) is 0. The molecule has 4 aromatic carbocycles. The first-order valence-corrected chi connectivity index (χ1v) is 12.8. The third kappa shape index (κ3) is 3.40. The highest BCUT2D eigenvalue weighted by atomic mass is 32.2. The summed E-state index contributed by atoms with van der Waals surface area (Å²) in [7, 11) is 3.71. The van der Waals surface area contributed by atoms with E-state index in [1.165, 1.54) is 53.3 Å². The van der Waals surface area contributed by atoms with Crippen LogP contribution in [-0.4, -0.2) is 30.2 Å². The van der Waals surface area contributed by atoms with Crippen LogP contribution < -0.4 is 0 Å². The first-order chi connectivity index (χ1) is 16.1. The molecule has 0 bridgehead atoms. The summed E-state index contributed by atoms with van der Waals surface area (Å²) >= 11 is 3.54. The molecule has 0 saturated carbocycles. The Balaban J connectivity index is 1.72. The second-order valence-corrected chi connectivity index (χ2v) is 11.0. The van der Waals surface area contributed by atoms with Gasteiger partial charge < -0.3 is 4.90 Å². The molecule has 0 saturated heterocycles. The topological polar surface area (TPSA) is 20.3 Å². The minimum Gasteiger partial charge on any atom is -0.348 e. The van der Waals surface area contributed by atoms with Crippen molar-refractivity contribution in [2.24, 2.45) is 0 Å². The van der Waals surface area contributed by atoms with Gasteiger partial charge in [-0.15, -0.1) is 11.8 Å². The van der Waals surface area contributed by atoms with Gasteiger partial charge in [0.1, 0.15) is 0 Å². The summed E-state index contributed by atoms with van der Waals surface area (Å²) in [4.78, 5) is 18.6. The molecule has 4 heteroatoms. The van der Waals surface area contributed by atoms with E-state index in [2.05, 4.69) is 84.9 Å². The molecule has 2 nitrogen and oxygen atoms in total. The largest absolute Gasteiger partial charge is 0.348 e. The fraction of sp³-hybridized carbons (Fsp3) is 0.138. The molecule has 4 aromatic rings. The van der Waals surface area contributed by atoms with Gasteiger partial charge in [-0.2, -0.15) is 0 Å². The van der Waals surface area contributed by atoms with E-state index in [1.54, 1.807) is 16.7 Å². The molecule has 162 valence electrons. The van der Waals surface area contributed by atoms with Crippen LogP contribution in [0.2, 0.25) is 0 Å². The summed E-state index contributed by atoms with van der Waals surface area (Å²) < 4.78 is 0. The molecular weight excluding hydrogens is 442 g/mol. The van der Waals surface area contributed by atoms with Crippen LogP contribution in [0.25, 0.3) is 21.9 Å². The standard InChI is InChI=1S/C29H23NOS2/c1-30(2)29(31)26-17-22(28-19-10-4-3-9-18(19)15-16-25(28)33-26)27-20-11-5-7-13-23(20)32-24-14-8-6-12-21(24)27/h3-16,26H,17H2,1-2H3/t26-/m1/s1. The molecule has 0 aliphatic carbocycles. The minimum absolute atomic E-state index is 0.134. The Bertz CT molecular complexity index is 1410. The van der Waals surface area contributed by atoms with Gasteiger partial charge in [-0.1, -0.05) is 78.5 Å². The molecule has 33 heavy (non-hydrogen) atoms. The second-order valence-electron chi connectivity index (χ2n) is 8.65. The lowest BCUT2D eigenvalue weighted by atomic mass is 9.84. The molecule has 2 heterocycles. The second kappa shape index (κ2) is 8.12. The number of thioether (sulfide) groups is 1. The average molecular weight is 466 g/mol. The number of rotatable bonds is 1. The van der Waals surface area contributed by atoms with E-state index in [9.17, 15) is 4.79 Å². The van der Waals surface area contributed by atoms with Crippen molar-refractivity contribution in [2.45, 2.75) is 26.4 Å². The highest BCUT2D eigenvalue weighted by Crippen LogP contribution is 2.53. The number of hydrogen-bond acceptors (Lipinski definition) is 3. The van der Waals surface area contributed by atoms with Crippen LogP contribution in [-0.2, 0) is 4.79 Å². The molecule has 0 radical (unpaired) electrons. The van der Waals surface area contributed by atoms with Crippen LogP contribution in [0.1, 0.15) is 23.1 Å². The van der Waals surface area contributed by atoms with Crippen molar-refractivity contribution in [3.05, 3.63) is 102 Å². The van der Waals surface area contributed by atoms with Crippen molar-refractivity contribution in [1.29, 1.82) is 0 Å². The van der Waals surface area contributed by atoms with Gasteiger partial charge in [-0.3, -0.25) is 4.79 Å². The summed E-state index contributed by atoms with van der Waals surface area (Å²) in [6, 6.07) is 30.3. The van der Waals surface area contributed by atoms with Gasteiger partial charge in [0.25, 0.3) is 0 Å². The van der Waals surface area contributed by atoms with Crippen molar-refractivity contribution >= 4 is 51.3 Å². The number of carbonyl (C=O) groups excluding carboxylic acids is 1. The maximum absolute atomic E-state index is 13.2. The summed E-state index contributed by atoms with van der Waals surface area (Å²) in [5.74, 6) is 0.170. The van der Waals surface area contributed by atoms with Crippen LogP contribution in [0, 0.1) is 0 Å². The van der Waals surface area contributed by atoms with Crippen LogP contribution in [0.3, 0.4) is 0 Å². The zero-order chi connectivity index (χ0) is 22.5. The van der Waals surface area contributed by atoms with Gasteiger partial charge in [-0.05, 0) is 63.2 Å². The zero-order valence-corrected chi connectivity index (χ0v) is 20.2. The van der Waals surface area contributed by atoms with Gasteiger partial charge in [0.2, 0.25) is 5.91 Å². The SMILES string of the molecule is CN(C)C(=O)[C@H]1CC(=C2c3ccccc3Sc3ccccc32)c2c(ccc3ccccc23)S1. The monoisotopic (exact) mass is 465 g/mol. The quantitative estimate of drug-likeness (QED) is 0.261. The van der Waals surface area contributed by atoms with E-state index in [-0.39, 0.29) is 11.2 Å². The van der Waals surface area contributed by atoms with E-state index < -0.39 is 0 Å². The first kappa shape index (κ1) is 20.6. The number of benzene rings is 4. The van der Waals surface area contributed by atoms with E-state index in [0.717, 1.165) is 0 Å². The van der Waals surface area contributed by atoms with E-state index in [1.807, 2.05) is 25.9 Å². The van der Waals surface area contributed by atoms with Crippen molar-refractivity contribution in [3.63, 3.8) is 0 Å². The third-order valence-electron chi connectivity index (χ3n) is 6.40. The normalized spacial score (nSPS) is 16.7. The maximum Gasteiger partial charge on any atom is 0.235 e. The molecule has 2 aliphatic rings. The molecule has 0 aromatic heterocycles. The van der Waals surface area contributed by atoms with E-state index in [4.69, 9.17) is 0 Å².